The zero-order valence-corrected chi connectivity index (χ0v) is 13.2. The van der Waals surface area contributed by atoms with Gasteiger partial charge >= 0.3 is 0 Å². The van der Waals surface area contributed by atoms with Crippen molar-refractivity contribution in [1.29, 1.82) is 0 Å². The van der Waals surface area contributed by atoms with Crippen molar-refractivity contribution in [1.82, 2.24) is 20.2 Å². The van der Waals surface area contributed by atoms with E-state index in [-0.39, 0.29) is 18.4 Å². The summed E-state index contributed by atoms with van der Waals surface area (Å²) < 4.78 is 1.62. The van der Waals surface area contributed by atoms with Crippen LogP contribution in [0.5, 0.6) is 0 Å². The topological polar surface area (TPSA) is 75.5 Å². The van der Waals surface area contributed by atoms with Gasteiger partial charge in [-0.1, -0.05) is 12.1 Å². The van der Waals surface area contributed by atoms with Gasteiger partial charge in [-0.25, -0.2) is 4.52 Å². The second-order valence-electron chi connectivity index (χ2n) is 4.96. The molecule has 0 fully saturated rings. The van der Waals surface area contributed by atoms with E-state index < -0.39 is 0 Å². The van der Waals surface area contributed by atoms with Gasteiger partial charge in [-0.2, -0.15) is 5.10 Å². The van der Waals surface area contributed by atoms with Gasteiger partial charge in [0.2, 0.25) is 5.91 Å². The number of rotatable bonds is 6. The molecule has 0 saturated carbocycles. The number of nitrogens with one attached hydrogen (secondary N) is 2. The molecule has 0 aliphatic rings. The molecule has 3 aromatic heterocycles. The maximum absolute atomic E-state index is 12.0. The number of hydrogen-bond acceptors (Lipinski definition) is 4. The molecule has 0 aromatic carbocycles. The molecule has 0 saturated heterocycles. The summed E-state index contributed by atoms with van der Waals surface area (Å²) in [5.74, 6) is -0.569. The number of nitrogens with zero attached hydrogens (tertiary/aromatic N) is 2. The van der Waals surface area contributed by atoms with Gasteiger partial charge < -0.3 is 10.6 Å². The number of carbonyl (C=O) groups excluding carboxylic acids is 2. The van der Waals surface area contributed by atoms with Crippen LogP contribution in [-0.2, 0) is 11.2 Å². The van der Waals surface area contributed by atoms with Gasteiger partial charge in [-0.3, -0.25) is 9.59 Å². The lowest BCUT2D eigenvalue weighted by Crippen LogP contribution is -2.37. The number of pyridine rings is 1. The molecule has 0 bridgehead atoms. The van der Waals surface area contributed by atoms with Crippen LogP contribution >= 0.6 is 11.3 Å². The number of thiophene rings is 1. The zero-order valence-electron chi connectivity index (χ0n) is 12.4. The summed E-state index contributed by atoms with van der Waals surface area (Å²) >= 11 is 1.66. The lowest BCUT2D eigenvalue weighted by Gasteiger charge is -2.05. The van der Waals surface area contributed by atoms with Crippen LogP contribution in [0, 0.1) is 0 Å². The molecule has 23 heavy (non-hydrogen) atoms. The molecule has 6 nitrogen and oxygen atoms in total. The van der Waals surface area contributed by atoms with E-state index >= 15 is 0 Å². The quantitative estimate of drug-likeness (QED) is 0.720. The number of aromatic nitrogens is 2. The van der Waals surface area contributed by atoms with Crippen LogP contribution in [0.4, 0.5) is 0 Å². The Labute approximate surface area is 137 Å². The Bertz CT molecular complexity index is 777. The first-order chi connectivity index (χ1) is 11.2. The molecule has 0 unspecified atom stereocenters. The van der Waals surface area contributed by atoms with Crippen molar-refractivity contribution < 1.29 is 9.59 Å². The van der Waals surface area contributed by atoms with Crippen molar-refractivity contribution in [2.75, 3.05) is 13.1 Å². The van der Waals surface area contributed by atoms with Crippen LogP contribution < -0.4 is 10.6 Å². The molecular formula is C16H16N4O2S. The fourth-order valence-corrected chi connectivity index (χ4v) is 2.85. The predicted molar refractivity (Wildman–Crippen MR) is 88.6 cm³/mol. The third-order valence-corrected chi connectivity index (χ3v) is 4.22. The summed E-state index contributed by atoms with van der Waals surface area (Å²) in [5.41, 5.74) is 1.13. The minimum Gasteiger partial charge on any atom is -0.354 e. The third-order valence-electron chi connectivity index (χ3n) is 3.29. The Morgan fingerprint density at radius 1 is 1.17 bits per heavy atom. The second kappa shape index (κ2) is 7.06. The smallest absolute Gasteiger partial charge is 0.272 e. The van der Waals surface area contributed by atoms with Gasteiger partial charge in [0.15, 0.2) is 5.69 Å². The number of carbonyl (C=O) groups is 2. The molecule has 3 aromatic rings. The second-order valence-corrected chi connectivity index (χ2v) is 5.99. The highest BCUT2D eigenvalue weighted by Crippen LogP contribution is 2.08. The summed E-state index contributed by atoms with van der Waals surface area (Å²) in [6.45, 7) is 0.501. The van der Waals surface area contributed by atoms with Crippen LogP contribution in [0.1, 0.15) is 15.4 Å². The van der Waals surface area contributed by atoms with Gasteiger partial charge in [-0.05, 0) is 36.1 Å². The third kappa shape index (κ3) is 3.95. The molecule has 0 spiro atoms. The van der Waals surface area contributed by atoms with Crippen molar-refractivity contribution >= 4 is 28.7 Å². The molecule has 3 heterocycles. The number of fused-ring (bicyclic) bond motifs is 1. The SMILES string of the molecule is O=C(CNC(=O)c1cc2ccccn2n1)NCCc1cccs1. The number of amides is 2. The van der Waals surface area contributed by atoms with Crippen molar-refractivity contribution in [3.05, 3.63) is 58.5 Å². The molecule has 118 valence electrons. The molecule has 0 radical (unpaired) electrons. The lowest BCUT2D eigenvalue weighted by atomic mass is 10.3. The van der Waals surface area contributed by atoms with E-state index in [1.54, 1.807) is 28.1 Å². The summed E-state index contributed by atoms with van der Waals surface area (Å²) in [6, 6.07) is 11.3. The fraction of sp³-hybridized carbons (Fsp3) is 0.188. The summed E-state index contributed by atoms with van der Waals surface area (Å²) in [5, 5.41) is 11.5. The molecular weight excluding hydrogens is 312 g/mol. The van der Waals surface area contributed by atoms with Crippen LogP contribution in [0.25, 0.3) is 5.52 Å². The molecule has 2 amide bonds. The van der Waals surface area contributed by atoms with E-state index in [2.05, 4.69) is 15.7 Å². The normalized spacial score (nSPS) is 10.6. The maximum Gasteiger partial charge on any atom is 0.272 e. The van der Waals surface area contributed by atoms with Crippen LogP contribution in [-0.4, -0.2) is 34.5 Å². The Kier molecular flexibility index (Phi) is 4.68. The van der Waals surface area contributed by atoms with Gasteiger partial charge in [0, 0.05) is 17.6 Å². The first-order valence-electron chi connectivity index (χ1n) is 7.24. The van der Waals surface area contributed by atoms with Crippen molar-refractivity contribution in [2.45, 2.75) is 6.42 Å². The predicted octanol–water partition coefficient (Wildman–Crippen LogP) is 1.48. The van der Waals surface area contributed by atoms with Gasteiger partial charge in [0.05, 0.1) is 12.1 Å². The summed E-state index contributed by atoms with van der Waals surface area (Å²) in [6.07, 6.45) is 2.56. The molecule has 0 atom stereocenters. The largest absolute Gasteiger partial charge is 0.354 e. The fourth-order valence-electron chi connectivity index (χ4n) is 2.14. The van der Waals surface area contributed by atoms with E-state index in [9.17, 15) is 9.59 Å². The highest BCUT2D eigenvalue weighted by molar-refractivity contribution is 7.09. The molecule has 0 aliphatic heterocycles. The van der Waals surface area contributed by atoms with E-state index in [1.807, 2.05) is 35.7 Å². The molecule has 7 heteroatoms. The number of hydrogen-bond donors (Lipinski definition) is 2. The van der Waals surface area contributed by atoms with Gasteiger partial charge in [0.25, 0.3) is 5.91 Å². The highest BCUT2D eigenvalue weighted by atomic mass is 32.1. The van der Waals surface area contributed by atoms with E-state index in [0.717, 1.165) is 11.9 Å². The van der Waals surface area contributed by atoms with Crippen molar-refractivity contribution in [2.24, 2.45) is 0 Å². The Morgan fingerprint density at radius 3 is 2.87 bits per heavy atom. The van der Waals surface area contributed by atoms with Crippen molar-refractivity contribution in [3.8, 4) is 0 Å². The molecule has 2 N–H and O–H groups in total. The highest BCUT2D eigenvalue weighted by Gasteiger charge is 2.11. The Hall–Kier alpha value is -2.67. The summed E-state index contributed by atoms with van der Waals surface area (Å²) in [4.78, 5) is 25.0. The molecule has 0 aliphatic carbocycles. The maximum atomic E-state index is 12.0. The van der Waals surface area contributed by atoms with Gasteiger partial charge in [0.1, 0.15) is 0 Å². The lowest BCUT2D eigenvalue weighted by molar-refractivity contribution is -0.120. The standard InChI is InChI=1S/C16H16N4O2S/c21-15(17-7-6-13-5-3-9-23-13)11-18-16(22)14-10-12-4-1-2-8-20(12)19-14/h1-5,8-10H,6-7,11H2,(H,17,21)(H,18,22). The average molecular weight is 328 g/mol. The first kappa shape index (κ1) is 15.2. The average Bonchev–Trinajstić information content (AvgIpc) is 3.21. The first-order valence-corrected chi connectivity index (χ1v) is 8.12. The summed E-state index contributed by atoms with van der Waals surface area (Å²) in [7, 11) is 0. The van der Waals surface area contributed by atoms with Crippen LogP contribution in [0.2, 0.25) is 0 Å². The zero-order chi connectivity index (χ0) is 16.1. The van der Waals surface area contributed by atoms with E-state index in [0.29, 0.717) is 12.2 Å². The van der Waals surface area contributed by atoms with E-state index in [1.165, 1.54) is 4.88 Å². The van der Waals surface area contributed by atoms with Crippen LogP contribution in [0.15, 0.2) is 48.0 Å². The van der Waals surface area contributed by atoms with Crippen LogP contribution in [0.3, 0.4) is 0 Å². The Morgan fingerprint density at radius 2 is 2.09 bits per heavy atom. The molecule has 3 rings (SSSR count). The van der Waals surface area contributed by atoms with Crippen molar-refractivity contribution in [3.63, 3.8) is 0 Å². The minimum absolute atomic E-state index is 0.0584. The monoisotopic (exact) mass is 328 g/mol. The Balaban J connectivity index is 1.45. The minimum atomic E-state index is -0.359. The van der Waals surface area contributed by atoms with Gasteiger partial charge in [-0.15, -0.1) is 11.3 Å². The van der Waals surface area contributed by atoms with E-state index in [4.69, 9.17) is 0 Å².